The molecular weight excluding hydrogens is 516 g/mol. The van der Waals surface area contributed by atoms with E-state index >= 15 is 0 Å². The first kappa shape index (κ1) is 28.2. The SMILES string of the molecule is C1=Cc2c(c(-c3cccc4c3ccc3cc5ccccc5cc34)c3ccccc3c2-c2ccccc2)C=CC1.CC.CC. The van der Waals surface area contributed by atoms with E-state index in [-0.39, 0.29) is 0 Å². The molecule has 0 radical (unpaired) electrons. The molecule has 0 aromatic heterocycles. The predicted octanol–water partition coefficient (Wildman–Crippen LogP) is 13.1. The van der Waals surface area contributed by atoms with Crippen molar-refractivity contribution in [3.63, 3.8) is 0 Å². The summed E-state index contributed by atoms with van der Waals surface area (Å²) >= 11 is 0. The van der Waals surface area contributed by atoms with Gasteiger partial charge in [0.05, 0.1) is 0 Å². The number of allylic oxidation sites excluding steroid dienone is 2. The Morgan fingerprint density at radius 2 is 0.977 bits per heavy atom. The Kier molecular flexibility index (Phi) is 8.20. The van der Waals surface area contributed by atoms with Gasteiger partial charge >= 0.3 is 0 Å². The largest absolute Gasteiger partial charge is 0.0801 e. The summed E-state index contributed by atoms with van der Waals surface area (Å²) in [5.74, 6) is 0. The Bertz CT molecular complexity index is 2120. The highest BCUT2D eigenvalue weighted by atomic mass is 14.2. The van der Waals surface area contributed by atoms with E-state index in [0.29, 0.717) is 0 Å². The van der Waals surface area contributed by atoms with Crippen LogP contribution in [-0.4, -0.2) is 0 Å². The molecule has 0 spiro atoms. The van der Waals surface area contributed by atoms with Gasteiger partial charge in [-0.3, -0.25) is 0 Å². The quantitative estimate of drug-likeness (QED) is 0.147. The smallest absolute Gasteiger partial charge is 0.00202 e. The average Bonchev–Trinajstić information content (AvgIpc) is 3.34. The fraction of sp³-hybridized carbons (Fsp3) is 0.116. The van der Waals surface area contributed by atoms with Crippen molar-refractivity contribution in [3.8, 4) is 22.3 Å². The van der Waals surface area contributed by atoms with Gasteiger partial charge in [-0.2, -0.15) is 0 Å². The molecule has 210 valence electrons. The van der Waals surface area contributed by atoms with Crippen LogP contribution in [0.3, 0.4) is 0 Å². The monoisotopic (exact) mass is 554 g/mol. The minimum Gasteiger partial charge on any atom is -0.0801 e. The highest BCUT2D eigenvalue weighted by Gasteiger charge is 2.21. The van der Waals surface area contributed by atoms with E-state index in [1.807, 2.05) is 27.7 Å². The summed E-state index contributed by atoms with van der Waals surface area (Å²) in [5, 5.41) is 10.3. The topological polar surface area (TPSA) is 0 Å². The molecule has 7 aromatic rings. The second kappa shape index (κ2) is 12.5. The van der Waals surface area contributed by atoms with Crippen molar-refractivity contribution in [2.75, 3.05) is 0 Å². The highest BCUT2D eigenvalue weighted by molar-refractivity contribution is 6.19. The molecule has 7 aromatic carbocycles. The average molecular weight is 555 g/mol. The maximum atomic E-state index is 2.36. The van der Waals surface area contributed by atoms with Gasteiger partial charge in [0.2, 0.25) is 0 Å². The summed E-state index contributed by atoms with van der Waals surface area (Å²) in [6.45, 7) is 8.00. The summed E-state index contributed by atoms with van der Waals surface area (Å²) in [7, 11) is 0. The molecule has 0 N–H and O–H groups in total. The Morgan fingerprint density at radius 1 is 0.395 bits per heavy atom. The van der Waals surface area contributed by atoms with Crippen molar-refractivity contribution in [1.82, 2.24) is 0 Å². The second-order valence-corrected chi connectivity index (χ2v) is 10.4. The molecule has 8 rings (SSSR count). The van der Waals surface area contributed by atoms with E-state index in [1.54, 1.807) is 0 Å². The molecule has 0 unspecified atom stereocenters. The van der Waals surface area contributed by atoms with Crippen LogP contribution in [0.5, 0.6) is 0 Å². The molecule has 0 heteroatoms. The first-order valence-corrected chi connectivity index (χ1v) is 15.7. The van der Waals surface area contributed by atoms with Crippen LogP contribution in [0.15, 0.2) is 133 Å². The highest BCUT2D eigenvalue weighted by Crippen LogP contribution is 2.46. The van der Waals surface area contributed by atoms with Crippen LogP contribution in [-0.2, 0) is 0 Å². The molecule has 0 bridgehead atoms. The van der Waals surface area contributed by atoms with Crippen molar-refractivity contribution >= 4 is 55.2 Å². The third-order valence-corrected chi connectivity index (χ3v) is 8.21. The lowest BCUT2D eigenvalue weighted by Crippen LogP contribution is -1.96. The Hall–Kier alpha value is -4.94. The van der Waals surface area contributed by atoms with Crippen LogP contribution in [0.1, 0.15) is 45.2 Å². The molecule has 1 aliphatic carbocycles. The fourth-order valence-electron chi connectivity index (χ4n) is 6.48. The lowest BCUT2D eigenvalue weighted by atomic mass is 9.82. The van der Waals surface area contributed by atoms with Crippen molar-refractivity contribution < 1.29 is 0 Å². The zero-order valence-electron chi connectivity index (χ0n) is 25.6. The molecule has 0 amide bonds. The van der Waals surface area contributed by atoms with Gasteiger partial charge in [0.15, 0.2) is 0 Å². The summed E-state index contributed by atoms with van der Waals surface area (Å²) in [6.07, 6.45) is 10.2. The van der Waals surface area contributed by atoms with Crippen molar-refractivity contribution in [3.05, 3.63) is 145 Å². The molecule has 0 saturated heterocycles. The van der Waals surface area contributed by atoms with E-state index in [1.165, 1.54) is 76.5 Å². The molecule has 0 atom stereocenters. The molecule has 43 heavy (non-hydrogen) atoms. The van der Waals surface area contributed by atoms with E-state index in [4.69, 9.17) is 0 Å². The summed E-state index contributed by atoms with van der Waals surface area (Å²) in [6, 6.07) is 44.5. The Balaban J connectivity index is 0.000000792. The van der Waals surface area contributed by atoms with Crippen molar-refractivity contribution in [2.24, 2.45) is 0 Å². The number of fused-ring (bicyclic) bond motifs is 6. The second-order valence-electron chi connectivity index (χ2n) is 10.4. The fourth-order valence-corrected chi connectivity index (χ4v) is 6.48. The van der Waals surface area contributed by atoms with Crippen LogP contribution in [0.25, 0.3) is 77.5 Å². The lowest BCUT2D eigenvalue weighted by molar-refractivity contribution is 1.44. The summed E-state index contributed by atoms with van der Waals surface area (Å²) in [4.78, 5) is 0. The zero-order chi connectivity index (χ0) is 29.8. The van der Waals surface area contributed by atoms with Crippen LogP contribution in [0.2, 0.25) is 0 Å². The maximum Gasteiger partial charge on any atom is -0.00202 e. The maximum absolute atomic E-state index is 2.36. The van der Waals surface area contributed by atoms with Gasteiger partial charge in [-0.15, -0.1) is 0 Å². The molecule has 0 aliphatic heterocycles. The van der Waals surface area contributed by atoms with Gasteiger partial charge in [0.25, 0.3) is 0 Å². The van der Waals surface area contributed by atoms with Gasteiger partial charge in [-0.1, -0.05) is 161 Å². The van der Waals surface area contributed by atoms with Gasteiger partial charge in [0.1, 0.15) is 0 Å². The first-order chi connectivity index (χ1) is 21.4. The number of hydrogen-bond acceptors (Lipinski definition) is 0. The summed E-state index contributed by atoms with van der Waals surface area (Å²) in [5.41, 5.74) is 7.76. The molecule has 0 nitrogen and oxygen atoms in total. The minimum atomic E-state index is 0.936. The molecular formula is C43H38. The van der Waals surface area contributed by atoms with Gasteiger partial charge in [0, 0.05) is 0 Å². The number of benzene rings is 7. The summed E-state index contributed by atoms with van der Waals surface area (Å²) < 4.78 is 0. The third-order valence-electron chi connectivity index (χ3n) is 8.21. The number of hydrogen-bond donors (Lipinski definition) is 0. The third kappa shape index (κ3) is 4.94. The molecule has 1 aliphatic rings. The Morgan fingerprint density at radius 3 is 1.70 bits per heavy atom. The minimum absolute atomic E-state index is 0.936. The molecule has 0 heterocycles. The normalized spacial score (nSPS) is 11.9. The molecule has 0 saturated carbocycles. The van der Waals surface area contributed by atoms with Crippen LogP contribution >= 0.6 is 0 Å². The molecule has 0 fully saturated rings. The van der Waals surface area contributed by atoms with Crippen molar-refractivity contribution in [1.29, 1.82) is 0 Å². The number of rotatable bonds is 2. The van der Waals surface area contributed by atoms with E-state index in [0.717, 1.165) is 6.42 Å². The van der Waals surface area contributed by atoms with Crippen LogP contribution < -0.4 is 0 Å². The van der Waals surface area contributed by atoms with E-state index in [9.17, 15) is 0 Å². The lowest BCUT2D eigenvalue weighted by Gasteiger charge is -2.21. The van der Waals surface area contributed by atoms with Gasteiger partial charge in [-0.25, -0.2) is 0 Å². The standard InChI is InChI=1S/C39H26.2C2H6/c1-3-12-26(13-4-1)38-33-16-5-2-6-17-35(33)39(36-19-10-9-18-34(36)38)32-21-11-20-30-31(32)23-22-29-24-27-14-7-8-15-28(27)25-37(29)30;2*1-2/h1,3-25H,2H2;2*1-2H3. The van der Waals surface area contributed by atoms with Crippen LogP contribution in [0.4, 0.5) is 0 Å². The first-order valence-electron chi connectivity index (χ1n) is 15.7. The van der Waals surface area contributed by atoms with Gasteiger partial charge < -0.3 is 0 Å². The van der Waals surface area contributed by atoms with E-state index in [2.05, 4.69) is 146 Å². The Labute approximate surface area is 255 Å². The van der Waals surface area contributed by atoms with Gasteiger partial charge in [-0.05, 0) is 95.0 Å². The zero-order valence-corrected chi connectivity index (χ0v) is 25.6. The van der Waals surface area contributed by atoms with E-state index < -0.39 is 0 Å². The van der Waals surface area contributed by atoms with Crippen molar-refractivity contribution in [2.45, 2.75) is 34.1 Å². The predicted molar refractivity (Wildman–Crippen MR) is 193 cm³/mol. The van der Waals surface area contributed by atoms with Crippen LogP contribution in [0, 0.1) is 0 Å².